The van der Waals surface area contributed by atoms with E-state index in [4.69, 9.17) is 0 Å². The molecule has 0 fully saturated rings. The van der Waals surface area contributed by atoms with Gasteiger partial charge < -0.3 is 0 Å². The number of hydrogen-bond acceptors (Lipinski definition) is 2. The van der Waals surface area contributed by atoms with Crippen LogP contribution in [0.2, 0.25) is 0 Å². The average Bonchev–Trinajstić information content (AvgIpc) is 2.39. The summed E-state index contributed by atoms with van der Waals surface area (Å²) in [6, 6.07) is 9.81. The highest BCUT2D eigenvalue weighted by atomic mass is 16.1. The van der Waals surface area contributed by atoms with E-state index in [1.165, 1.54) is 0 Å². The van der Waals surface area contributed by atoms with Gasteiger partial charge in [-0.2, -0.15) is 0 Å². The van der Waals surface area contributed by atoms with Crippen LogP contribution in [-0.2, 0) is 0 Å². The maximum atomic E-state index is 12.3. The average molecular weight is 241 g/mol. The summed E-state index contributed by atoms with van der Waals surface area (Å²) in [7, 11) is 0. The molecule has 1 aromatic heterocycles. The lowest BCUT2D eigenvalue weighted by Crippen LogP contribution is -2.12. The molecule has 1 aromatic carbocycles. The van der Waals surface area contributed by atoms with Gasteiger partial charge in [-0.25, -0.2) is 0 Å². The standard InChI is InChI=1S/C16H19NO/c1-4-12(5-2)16(18)14-8-9-15-13(10-14)7-6-11(3)17-15/h6-10,12H,4-5H2,1-3H3. The molecule has 2 rings (SSSR count). The first-order valence-corrected chi connectivity index (χ1v) is 6.57. The van der Waals surface area contributed by atoms with Crippen molar-refractivity contribution in [3.63, 3.8) is 0 Å². The summed E-state index contributed by atoms with van der Waals surface area (Å²) in [6.07, 6.45) is 1.80. The fourth-order valence-corrected chi connectivity index (χ4v) is 2.28. The summed E-state index contributed by atoms with van der Waals surface area (Å²) in [5.74, 6) is 0.392. The first kappa shape index (κ1) is 12.7. The van der Waals surface area contributed by atoms with Gasteiger partial charge in [0.2, 0.25) is 0 Å². The fraction of sp³-hybridized carbons (Fsp3) is 0.375. The predicted molar refractivity (Wildman–Crippen MR) is 74.9 cm³/mol. The summed E-state index contributed by atoms with van der Waals surface area (Å²) < 4.78 is 0. The molecule has 0 saturated heterocycles. The first-order chi connectivity index (χ1) is 8.65. The maximum absolute atomic E-state index is 12.3. The zero-order valence-corrected chi connectivity index (χ0v) is 11.2. The molecule has 2 heteroatoms. The van der Waals surface area contributed by atoms with E-state index in [0.717, 1.165) is 35.0 Å². The van der Waals surface area contributed by atoms with E-state index in [2.05, 4.69) is 18.8 Å². The van der Waals surface area contributed by atoms with Gasteiger partial charge >= 0.3 is 0 Å². The van der Waals surface area contributed by atoms with Crippen LogP contribution >= 0.6 is 0 Å². The number of ketones is 1. The van der Waals surface area contributed by atoms with E-state index in [0.29, 0.717) is 0 Å². The fourth-order valence-electron chi connectivity index (χ4n) is 2.28. The molecule has 0 saturated carbocycles. The van der Waals surface area contributed by atoms with Crippen molar-refractivity contribution in [2.75, 3.05) is 0 Å². The largest absolute Gasteiger partial charge is 0.294 e. The lowest BCUT2D eigenvalue weighted by molar-refractivity contribution is 0.0913. The molecule has 94 valence electrons. The van der Waals surface area contributed by atoms with Gasteiger partial charge in [-0.1, -0.05) is 19.9 Å². The quantitative estimate of drug-likeness (QED) is 0.752. The third-order valence-electron chi connectivity index (χ3n) is 3.47. The Morgan fingerprint density at radius 2 is 1.89 bits per heavy atom. The molecule has 0 aliphatic rings. The lowest BCUT2D eigenvalue weighted by Gasteiger charge is -2.11. The van der Waals surface area contributed by atoms with Crippen LogP contribution in [0.4, 0.5) is 0 Å². The normalized spacial score (nSPS) is 11.1. The number of carbonyl (C=O) groups excluding carboxylic acids is 1. The van der Waals surface area contributed by atoms with Crippen molar-refractivity contribution in [3.8, 4) is 0 Å². The van der Waals surface area contributed by atoms with Crippen molar-refractivity contribution in [2.45, 2.75) is 33.6 Å². The van der Waals surface area contributed by atoms with Crippen molar-refractivity contribution >= 4 is 16.7 Å². The maximum Gasteiger partial charge on any atom is 0.165 e. The number of fused-ring (bicyclic) bond motifs is 1. The number of carbonyl (C=O) groups is 1. The molecule has 0 aliphatic carbocycles. The molecule has 0 amide bonds. The zero-order valence-electron chi connectivity index (χ0n) is 11.2. The second kappa shape index (κ2) is 5.30. The molecule has 0 N–H and O–H groups in total. The molecule has 1 heterocycles. The van der Waals surface area contributed by atoms with Gasteiger partial charge in [0.15, 0.2) is 5.78 Å². The van der Waals surface area contributed by atoms with Gasteiger partial charge in [0, 0.05) is 22.6 Å². The summed E-state index contributed by atoms with van der Waals surface area (Å²) >= 11 is 0. The molecule has 18 heavy (non-hydrogen) atoms. The zero-order chi connectivity index (χ0) is 13.1. The minimum Gasteiger partial charge on any atom is -0.294 e. The molecule has 2 nitrogen and oxygen atoms in total. The van der Waals surface area contributed by atoms with Crippen LogP contribution in [0.3, 0.4) is 0 Å². The van der Waals surface area contributed by atoms with Crippen LogP contribution in [0.1, 0.15) is 42.7 Å². The van der Waals surface area contributed by atoms with Crippen LogP contribution in [0.25, 0.3) is 10.9 Å². The number of benzene rings is 1. The summed E-state index contributed by atoms with van der Waals surface area (Å²) in [6.45, 7) is 6.11. The van der Waals surface area contributed by atoms with E-state index >= 15 is 0 Å². The van der Waals surface area contributed by atoms with Crippen molar-refractivity contribution in [3.05, 3.63) is 41.6 Å². The van der Waals surface area contributed by atoms with Crippen molar-refractivity contribution in [2.24, 2.45) is 5.92 Å². The van der Waals surface area contributed by atoms with Crippen molar-refractivity contribution < 1.29 is 4.79 Å². The Kier molecular flexibility index (Phi) is 3.75. The number of Topliss-reactive ketones (excluding diaryl/α,β-unsaturated/α-hetero) is 1. The highest BCUT2D eigenvalue weighted by molar-refractivity contribution is 6.00. The Labute approximate surface area is 108 Å². The van der Waals surface area contributed by atoms with Gasteiger partial charge in [0.25, 0.3) is 0 Å². The van der Waals surface area contributed by atoms with Crippen molar-refractivity contribution in [1.29, 1.82) is 0 Å². The van der Waals surface area contributed by atoms with Gasteiger partial charge in [0.05, 0.1) is 5.52 Å². The van der Waals surface area contributed by atoms with E-state index < -0.39 is 0 Å². The Morgan fingerprint density at radius 3 is 2.56 bits per heavy atom. The number of pyridine rings is 1. The minimum absolute atomic E-state index is 0.140. The topological polar surface area (TPSA) is 30.0 Å². The summed E-state index contributed by atoms with van der Waals surface area (Å²) in [5, 5.41) is 1.04. The minimum atomic E-state index is 0.140. The number of rotatable bonds is 4. The Balaban J connectivity index is 2.41. The molecule has 0 unspecified atom stereocenters. The van der Waals surface area contributed by atoms with Gasteiger partial charge in [-0.15, -0.1) is 0 Å². The van der Waals surface area contributed by atoms with Crippen LogP contribution < -0.4 is 0 Å². The number of nitrogens with zero attached hydrogens (tertiary/aromatic N) is 1. The number of aryl methyl sites for hydroxylation is 1. The molecule has 2 aromatic rings. The van der Waals surface area contributed by atoms with Crippen LogP contribution in [-0.4, -0.2) is 10.8 Å². The third-order valence-corrected chi connectivity index (χ3v) is 3.47. The van der Waals surface area contributed by atoms with E-state index in [9.17, 15) is 4.79 Å². The molecule has 0 spiro atoms. The van der Waals surface area contributed by atoms with E-state index in [1.54, 1.807) is 0 Å². The van der Waals surface area contributed by atoms with Crippen molar-refractivity contribution in [1.82, 2.24) is 4.98 Å². The third kappa shape index (κ3) is 2.42. The molecule has 0 aliphatic heterocycles. The van der Waals surface area contributed by atoms with Crippen LogP contribution in [0, 0.1) is 12.8 Å². The first-order valence-electron chi connectivity index (χ1n) is 6.57. The molecule has 0 bridgehead atoms. The second-order valence-electron chi connectivity index (χ2n) is 4.74. The van der Waals surface area contributed by atoms with Gasteiger partial charge in [-0.3, -0.25) is 9.78 Å². The summed E-state index contributed by atoms with van der Waals surface area (Å²) in [4.78, 5) is 16.7. The van der Waals surface area contributed by atoms with Crippen LogP contribution in [0.15, 0.2) is 30.3 Å². The Hall–Kier alpha value is -1.70. The predicted octanol–water partition coefficient (Wildman–Crippen LogP) is 4.16. The molecular weight excluding hydrogens is 222 g/mol. The highest BCUT2D eigenvalue weighted by Gasteiger charge is 2.16. The van der Waals surface area contributed by atoms with E-state index in [-0.39, 0.29) is 11.7 Å². The van der Waals surface area contributed by atoms with E-state index in [1.807, 2.05) is 37.3 Å². The number of hydrogen-bond donors (Lipinski definition) is 0. The second-order valence-corrected chi connectivity index (χ2v) is 4.74. The SMILES string of the molecule is CCC(CC)C(=O)c1ccc2nc(C)ccc2c1. The Morgan fingerprint density at radius 1 is 1.17 bits per heavy atom. The smallest absolute Gasteiger partial charge is 0.165 e. The number of aromatic nitrogens is 1. The van der Waals surface area contributed by atoms with Gasteiger partial charge in [0.1, 0.15) is 0 Å². The lowest BCUT2D eigenvalue weighted by atomic mass is 9.92. The van der Waals surface area contributed by atoms with Gasteiger partial charge in [-0.05, 0) is 44.0 Å². The van der Waals surface area contributed by atoms with Crippen LogP contribution in [0.5, 0.6) is 0 Å². The summed E-state index contributed by atoms with van der Waals surface area (Å²) in [5.41, 5.74) is 2.76. The molecular formula is C16H19NO. The highest BCUT2D eigenvalue weighted by Crippen LogP contribution is 2.20. The molecule has 0 atom stereocenters. The molecule has 0 radical (unpaired) electrons. The monoisotopic (exact) mass is 241 g/mol. The Bertz CT molecular complexity index is 570.